The van der Waals surface area contributed by atoms with Crippen LogP contribution < -0.4 is 4.90 Å². The van der Waals surface area contributed by atoms with Crippen molar-refractivity contribution in [3.8, 4) is 0 Å². The lowest BCUT2D eigenvalue weighted by Crippen LogP contribution is -2.35. The van der Waals surface area contributed by atoms with Crippen LogP contribution in [0.25, 0.3) is 5.57 Å². The molecule has 0 aromatic heterocycles. The van der Waals surface area contributed by atoms with Gasteiger partial charge in [0.15, 0.2) is 0 Å². The van der Waals surface area contributed by atoms with E-state index in [0.29, 0.717) is 18.7 Å². The number of carbonyl (C=O) groups excluding carboxylic acids is 2. The molecule has 1 aliphatic heterocycles. The van der Waals surface area contributed by atoms with Gasteiger partial charge in [-0.15, -0.1) is 0 Å². The van der Waals surface area contributed by atoms with Gasteiger partial charge in [-0.1, -0.05) is 60.7 Å². The molecule has 1 aliphatic rings. The van der Waals surface area contributed by atoms with E-state index in [0.717, 1.165) is 34.7 Å². The quantitative estimate of drug-likeness (QED) is 0.465. The molecule has 0 spiro atoms. The van der Waals surface area contributed by atoms with Gasteiger partial charge in [0.25, 0.3) is 11.8 Å². The minimum Gasteiger partial charge on any atom is -0.362 e. The highest BCUT2D eigenvalue weighted by Gasteiger charge is 2.42. The lowest BCUT2D eigenvalue weighted by Gasteiger charge is -2.25. The van der Waals surface area contributed by atoms with Crippen LogP contribution in [0.5, 0.6) is 0 Å². The number of hydrogen-bond acceptors (Lipinski definition) is 3. The Morgan fingerprint density at radius 3 is 1.91 bits per heavy atom. The summed E-state index contributed by atoms with van der Waals surface area (Å²) in [7, 11) is 0. The predicted molar refractivity (Wildman–Crippen MR) is 120 cm³/mol. The molecular weight excluding hydrogens is 429 g/mol. The second-order valence-corrected chi connectivity index (χ2v) is 7.58. The van der Waals surface area contributed by atoms with Crippen LogP contribution in [0.3, 0.4) is 0 Å². The molecule has 4 nitrogen and oxygen atoms in total. The molecule has 0 fully saturated rings. The third-order valence-electron chi connectivity index (χ3n) is 5.49. The first kappa shape index (κ1) is 22.3. The van der Waals surface area contributed by atoms with Crippen molar-refractivity contribution in [2.45, 2.75) is 19.6 Å². The average Bonchev–Trinajstić information content (AvgIpc) is 3.08. The van der Waals surface area contributed by atoms with Gasteiger partial charge < -0.3 is 4.90 Å². The Morgan fingerprint density at radius 1 is 0.788 bits per heavy atom. The van der Waals surface area contributed by atoms with E-state index in [1.807, 2.05) is 42.2 Å². The lowest BCUT2D eigenvalue weighted by atomic mass is 10.0. The number of likely N-dealkylation sites (N-methyl/N-ethyl adjacent to an activating group) is 1. The van der Waals surface area contributed by atoms with Crippen LogP contribution in [0.15, 0.2) is 90.6 Å². The molecule has 4 rings (SSSR count). The number of hydrogen-bond donors (Lipinski definition) is 0. The molecule has 0 aliphatic carbocycles. The normalized spacial score (nSPS) is 14.2. The largest absolute Gasteiger partial charge is 0.416 e. The summed E-state index contributed by atoms with van der Waals surface area (Å²) in [5, 5.41) is 0. The number of halogens is 3. The van der Waals surface area contributed by atoms with Gasteiger partial charge in [0.2, 0.25) is 0 Å². The van der Waals surface area contributed by atoms with Crippen LogP contribution >= 0.6 is 0 Å². The van der Waals surface area contributed by atoms with E-state index in [1.165, 1.54) is 0 Å². The highest BCUT2D eigenvalue weighted by atomic mass is 19.4. The van der Waals surface area contributed by atoms with Crippen molar-refractivity contribution in [3.05, 3.63) is 107 Å². The fourth-order valence-electron chi connectivity index (χ4n) is 3.86. The van der Waals surface area contributed by atoms with E-state index in [4.69, 9.17) is 0 Å². The third kappa shape index (κ3) is 4.39. The van der Waals surface area contributed by atoms with Gasteiger partial charge in [0.05, 0.1) is 16.8 Å². The van der Waals surface area contributed by atoms with Crippen molar-refractivity contribution in [1.82, 2.24) is 4.90 Å². The van der Waals surface area contributed by atoms with E-state index < -0.39 is 23.6 Å². The molecule has 0 atom stereocenters. The molecule has 1 heterocycles. The molecule has 0 N–H and O–H groups in total. The first-order valence-corrected chi connectivity index (χ1v) is 10.5. The third-order valence-corrected chi connectivity index (χ3v) is 5.49. The summed E-state index contributed by atoms with van der Waals surface area (Å²) in [5.41, 5.74) is 1.26. The summed E-state index contributed by atoms with van der Waals surface area (Å²) >= 11 is 0. The summed E-state index contributed by atoms with van der Waals surface area (Å²) in [6.45, 7) is 2.75. The first-order valence-electron chi connectivity index (χ1n) is 10.5. The molecule has 0 bridgehead atoms. The Balaban J connectivity index is 1.78. The number of rotatable bonds is 6. The maximum Gasteiger partial charge on any atom is 0.416 e. The number of amides is 2. The standard InChI is InChI=1S/C26H21F3N2O2/c1-2-30(17-18-9-5-3-6-10-18)23-22(19-11-7-4-8-12-19)24(32)31(25(23)33)21-15-13-20(14-16-21)26(27,28)29/h3-16H,2,17H2,1H3. The van der Waals surface area contributed by atoms with Gasteiger partial charge in [-0.2, -0.15) is 13.2 Å². The van der Waals surface area contributed by atoms with Crippen molar-refractivity contribution >= 4 is 23.1 Å². The number of benzene rings is 3. The fourth-order valence-corrected chi connectivity index (χ4v) is 3.86. The van der Waals surface area contributed by atoms with Crippen molar-refractivity contribution in [2.75, 3.05) is 11.4 Å². The lowest BCUT2D eigenvalue weighted by molar-refractivity contribution is -0.137. The topological polar surface area (TPSA) is 40.6 Å². The Bertz CT molecular complexity index is 1190. The summed E-state index contributed by atoms with van der Waals surface area (Å²) in [6, 6.07) is 22.4. The molecule has 0 saturated carbocycles. The summed E-state index contributed by atoms with van der Waals surface area (Å²) in [6.07, 6.45) is -4.51. The molecular formula is C26H21F3N2O2. The highest BCUT2D eigenvalue weighted by molar-refractivity contribution is 6.45. The SMILES string of the molecule is CCN(Cc1ccccc1)C1=C(c2ccccc2)C(=O)N(c2ccc(C(F)(F)F)cc2)C1=O. The van der Waals surface area contributed by atoms with Crippen LogP contribution in [0.1, 0.15) is 23.6 Å². The second kappa shape index (κ2) is 8.94. The van der Waals surface area contributed by atoms with Crippen molar-refractivity contribution in [1.29, 1.82) is 0 Å². The van der Waals surface area contributed by atoms with Gasteiger partial charge in [-0.3, -0.25) is 9.59 Å². The number of anilines is 1. The Morgan fingerprint density at radius 2 is 1.36 bits per heavy atom. The van der Waals surface area contributed by atoms with E-state index in [-0.39, 0.29) is 17.0 Å². The van der Waals surface area contributed by atoms with Crippen molar-refractivity contribution in [2.24, 2.45) is 0 Å². The zero-order chi connectivity index (χ0) is 23.6. The molecule has 3 aromatic carbocycles. The molecule has 0 radical (unpaired) electrons. The molecule has 3 aromatic rings. The molecule has 0 saturated heterocycles. The summed E-state index contributed by atoms with van der Waals surface area (Å²) in [4.78, 5) is 29.8. The number of alkyl halides is 3. The number of nitrogens with zero attached hydrogens (tertiary/aromatic N) is 2. The molecule has 168 valence electrons. The van der Waals surface area contributed by atoms with Gasteiger partial charge in [-0.25, -0.2) is 4.90 Å². The minimum absolute atomic E-state index is 0.0946. The minimum atomic E-state index is -4.51. The number of carbonyl (C=O) groups is 2. The smallest absolute Gasteiger partial charge is 0.362 e. The molecule has 7 heteroatoms. The number of imide groups is 1. The monoisotopic (exact) mass is 450 g/mol. The van der Waals surface area contributed by atoms with Crippen LogP contribution in [-0.4, -0.2) is 23.3 Å². The highest BCUT2D eigenvalue weighted by Crippen LogP contribution is 2.37. The van der Waals surface area contributed by atoms with E-state index in [1.54, 1.807) is 30.3 Å². The van der Waals surface area contributed by atoms with Gasteiger partial charge in [0, 0.05) is 13.1 Å². The molecule has 2 amide bonds. The average molecular weight is 450 g/mol. The van der Waals surface area contributed by atoms with Crippen molar-refractivity contribution in [3.63, 3.8) is 0 Å². The van der Waals surface area contributed by atoms with E-state index in [2.05, 4.69) is 0 Å². The van der Waals surface area contributed by atoms with E-state index in [9.17, 15) is 22.8 Å². The zero-order valence-corrected chi connectivity index (χ0v) is 17.8. The van der Waals surface area contributed by atoms with E-state index >= 15 is 0 Å². The van der Waals surface area contributed by atoms with Crippen LogP contribution in [-0.2, 0) is 22.3 Å². The summed E-state index contributed by atoms with van der Waals surface area (Å²) < 4.78 is 39.0. The molecule has 33 heavy (non-hydrogen) atoms. The van der Waals surface area contributed by atoms with Gasteiger partial charge in [0.1, 0.15) is 5.70 Å². The van der Waals surface area contributed by atoms with Crippen LogP contribution in [0, 0.1) is 0 Å². The first-order chi connectivity index (χ1) is 15.8. The zero-order valence-electron chi connectivity index (χ0n) is 17.8. The Labute approximate surface area is 189 Å². The Hall–Kier alpha value is -3.87. The molecule has 0 unspecified atom stereocenters. The summed E-state index contributed by atoms with van der Waals surface area (Å²) in [5.74, 6) is -1.12. The van der Waals surface area contributed by atoms with Crippen LogP contribution in [0.2, 0.25) is 0 Å². The van der Waals surface area contributed by atoms with Crippen LogP contribution in [0.4, 0.5) is 18.9 Å². The van der Waals surface area contributed by atoms with Gasteiger partial charge >= 0.3 is 6.18 Å². The van der Waals surface area contributed by atoms with Gasteiger partial charge in [-0.05, 0) is 42.3 Å². The van der Waals surface area contributed by atoms with Crippen molar-refractivity contribution < 1.29 is 22.8 Å². The fraction of sp³-hybridized carbons (Fsp3) is 0.154. The maximum atomic E-state index is 13.6. The maximum absolute atomic E-state index is 13.6. The second-order valence-electron chi connectivity index (χ2n) is 7.58. The predicted octanol–water partition coefficient (Wildman–Crippen LogP) is 5.51. The Kier molecular flexibility index (Phi) is 6.05.